The van der Waals surface area contributed by atoms with Gasteiger partial charge < -0.3 is 9.84 Å². The van der Waals surface area contributed by atoms with E-state index in [0.29, 0.717) is 12.6 Å². The summed E-state index contributed by atoms with van der Waals surface area (Å²) in [7, 11) is 0. The molecule has 1 aliphatic rings. The van der Waals surface area contributed by atoms with Crippen molar-refractivity contribution >= 4 is 0 Å². The molecule has 1 N–H and O–H groups in total. The van der Waals surface area contributed by atoms with E-state index < -0.39 is 0 Å². The summed E-state index contributed by atoms with van der Waals surface area (Å²) in [6.45, 7) is 7.55. The maximum absolute atomic E-state index is 9.76. The Balaban J connectivity index is 2.04. The molecule has 90 valence electrons. The second-order valence-electron chi connectivity index (χ2n) is 4.57. The van der Waals surface area contributed by atoms with Crippen LogP contribution in [0.5, 0.6) is 0 Å². The van der Waals surface area contributed by atoms with E-state index in [1.165, 1.54) is 12.8 Å². The number of β-amino-alcohol motifs (C(OH)–C–C–N with tert-alkyl or cyclic N) is 1. The standard InChI is InChI=1S/C12H25NO2/c1-3-4-8-15-10-12(14)9-13-7-5-6-11(13)2/h11-12,14H,3-10H2,1-2H3/t11-,12?/m0/s1. The zero-order valence-electron chi connectivity index (χ0n) is 10.1. The monoisotopic (exact) mass is 215 g/mol. The molecule has 0 aromatic carbocycles. The van der Waals surface area contributed by atoms with Gasteiger partial charge in [0.1, 0.15) is 0 Å². The predicted octanol–water partition coefficient (Wildman–Crippen LogP) is 1.65. The predicted molar refractivity (Wildman–Crippen MR) is 62.0 cm³/mol. The molecule has 0 saturated carbocycles. The molecule has 0 aromatic heterocycles. The number of nitrogens with zero attached hydrogens (tertiary/aromatic N) is 1. The number of aliphatic hydroxyl groups excluding tert-OH is 1. The highest BCUT2D eigenvalue weighted by Crippen LogP contribution is 2.16. The zero-order chi connectivity index (χ0) is 11.1. The molecule has 1 aliphatic heterocycles. The van der Waals surface area contributed by atoms with Gasteiger partial charge in [-0.3, -0.25) is 4.90 Å². The minimum atomic E-state index is -0.317. The number of ether oxygens (including phenoxy) is 1. The van der Waals surface area contributed by atoms with Crippen molar-refractivity contribution in [1.82, 2.24) is 4.90 Å². The van der Waals surface area contributed by atoms with Crippen LogP contribution in [0.4, 0.5) is 0 Å². The third kappa shape index (κ3) is 4.96. The molecule has 1 fully saturated rings. The topological polar surface area (TPSA) is 32.7 Å². The van der Waals surface area contributed by atoms with Gasteiger partial charge in [-0.1, -0.05) is 13.3 Å². The Morgan fingerprint density at radius 2 is 2.33 bits per heavy atom. The van der Waals surface area contributed by atoms with Crippen molar-refractivity contribution in [2.24, 2.45) is 0 Å². The lowest BCUT2D eigenvalue weighted by Gasteiger charge is -2.23. The molecule has 3 heteroatoms. The fourth-order valence-corrected chi connectivity index (χ4v) is 2.05. The van der Waals surface area contributed by atoms with Gasteiger partial charge in [0.2, 0.25) is 0 Å². The molecule has 0 radical (unpaired) electrons. The summed E-state index contributed by atoms with van der Waals surface area (Å²) in [5.74, 6) is 0. The Morgan fingerprint density at radius 1 is 1.53 bits per heavy atom. The highest BCUT2D eigenvalue weighted by atomic mass is 16.5. The molecule has 0 amide bonds. The molecule has 0 bridgehead atoms. The summed E-state index contributed by atoms with van der Waals surface area (Å²) in [5.41, 5.74) is 0. The first-order valence-electron chi connectivity index (χ1n) is 6.24. The highest BCUT2D eigenvalue weighted by molar-refractivity contribution is 4.77. The lowest BCUT2D eigenvalue weighted by Crippen LogP contribution is -2.36. The van der Waals surface area contributed by atoms with Gasteiger partial charge in [0.05, 0.1) is 12.7 Å². The van der Waals surface area contributed by atoms with Crippen LogP contribution < -0.4 is 0 Å². The van der Waals surface area contributed by atoms with E-state index in [9.17, 15) is 5.11 Å². The maximum atomic E-state index is 9.76. The van der Waals surface area contributed by atoms with Gasteiger partial charge in [-0.15, -0.1) is 0 Å². The summed E-state index contributed by atoms with van der Waals surface area (Å²) >= 11 is 0. The van der Waals surface area contributed by atoms with Crippen LogP contribution in [0.15, 0.2) is 0 Å². The van der Waals surface area contributed by atoms with Gasteiger partial charge in [-0.2, -0.15) is 0 Å². The van der Waals surface area contributed by atoms with Crippen molar-refractivity contribution in [2.75, 3.05) is 26.3 Å². The van der Waals surface area contributed by atoms with E-state index in [1.54, 1.807) is 0 Å². The summed E-state index contributed by atoms with van der Waals surface area (Å²) in [5, 5.41) is 9.76. The molecule has 1 unspecified atom stereocenters. The number of likely N-dealkylation sites (tertiary alicyclic amines) is 1. The molecule has 1 rings (SSSR count). The first-order valence-corrected chi connectivity index (χ1v) is 6.24. The minimum Gasteiger partial charge on any atom is -0.389 e. The third-order valence-corrected chi connectivity index (χ3v) is 3.09. The fraction of sp³-hybridized carbons (Fsp3) is 1.00. The van der Waals surface area contributed by atoms with E-state index in [4.69, 9.17) is 4.74 Å². The maximum Gasteiger partial charge on any atom is 0.0900 e. The molecule has 3 nitrogen and oxygen atoms in total. The van der Waals surface area contributed by atoms with Crippen LogP contribution in [0.3, 0.4) is 0 Å². The Kier molecular flexibility index (Phi) is 6.22. The molecular formula is C12H25NO2. The quantitative estimate of drug-likeness (QED) is 0.655. The minimum absolute atomic E-state index is 0.317. The van der Waals surface area contributed by atoms with E-state index in [1.807, 2.05) is 0 Å². The Bertz CT molecular complexity index is 164. The Hall–Kier alpha value is -0.120. The second kappa shape index (κ2) is 7.20. The lowest BCUT2D eigenvalue weighted by molar-refractivity contribution is 0.0147. The van der Waals surface area contributed by atoms with Gasteiger partial charge in [-0.25, -0.2) is 0 Å². The van der Waals surface area contributed by atoms with Gasteiger partial charge >= 0.3 is 0 Å². The molecular weight excluding hydrogens is 190 g/mol. The van der Waals surface area contributed by atoms with Crippen LogP contribution in [-0.4, -0.2) is 48.5 Å². The van der Waals surface area contributed by atoms with Crippen LogP contribution in [0.1, 0.15) is 39.5 Å². The molecule has 2 atom stereocenters. The highest BCUT2D eigenvalue weighted by Gasteiger charge is 2.22. The van der Waals surface area contributed by atoms with Crippen LogP contribution in [0.2, 0.25) is 0 Å². The van der Waals surface area contributed by atoms with Crippen molar-refractivity contribution < 1.29 is 9.84 Å². The average molecular weight is 215 g/mol. The molecule has 0 spiro atoms. The third-order valence-electron chi connectivity index (χ3n) is 3.09. The summed E-state index contributed by atoms with van der Waals surface area (Å²) in [6.07, 6.45) is 4.46. The number of hydrogen-bond donors (Lipinski definition) is 1. The molecule has 1 heterocycles. The summed E-state index contributed by atoms with van der Waals surface area (Å²) in [4.78, 5) is 2.36. The summed E-state index contributed by atoms with van der Waals surface area (Å²) in [6, 6.07) is 0.635. The van der Waals surface area contributed by atoms with E-state index in [-0.39, 0.29) is 6.10 Å². The smallest absolute Gasteiger partial charge is 0.0900 e. The number of rotatable bonds is 7. The van der Waals surface area contributed by atoms with Gasteiger partial charge in [0.15, 0.2) is 0 Å². The average Bonchev–Trinajstić information content (AvgIpc) is 2.59. The van der Waals surface area contributed by atoms with Crippen LogP contribution in [-0.2, 0) is 4.74 Å². The van der Waals surface area contributed by atoms with Crippen LogP contribution >= 0.6 is 0 Å². The zero-order valence-corrected chi connectivity index (χ0v) is 10.1. The van der Waals surface area contributed by atoms with E-state index >= 15 is 0 Å². The van der Waals surface area contributed by atoms with Crippen molar-refractivity contribution in [2.45, 2.75) is 51.7 Å². The normalized spacial score (nSPS) is 24.6. The largest absolute Gasteiger partial charge is 0.389 e. The molecule has 0 aliphatic carbocycles. The second-order valence-corrected chi connectivity index (χ2v) is 4.57. The molecule has 1 saturated heterocycles. The molecule has 0 aromatic rings. The lowest BCUT2D eigenvalue weighted by atomic mass is 10.2. The number of hydrogen-bond acceptors (Lipinski definition) is 3. The Labute approximate surface area is 93.4 Å². The van der Waals surface area contributed by atoms with Crippen molar-refractivity contribution in [3.05, 3.63) is 0 Å². The van der Waals surface area contributed by atoms with Crippen LogP contribution in [0.25, 0.3) is 0 Å². The number of aliphatic hydroxyl groups is 1. The first-order chi connectivity index (χ1) is 7.24. The fourth-order valence-electron chi connectivity index (χ4n) is 2.05. The van der Waals surface area contributed by atoms with Gasteiger partial charge in [0.25, 0.3) is 0 Å². The van der Waals surface area contributed by atoms with Gasteiger partial charge in [0, 0.05) is 19.2 Å². The van der Waals surface area contributed by atoms with Crippen molar-refractivity contribution in [3.8, 4) is 0 Å². The molecule has 15 heavy (non-hydrogen) atoms. The first kappa shape index (κ1) is 12.9. The van der Waals surface area contributed by atoms with Crippen LogP contribution in [0, 0.1) is 0 Å². The van der Waals surface area contributed by atoms with Gasteiger partial charge in [-0.05, 0) is 32.7 Å². The van der Waals surface area contributed by atoms with E-state index in [0.717, 1.165) is 32.5 Å². The van der Waals surface area contributed by atoms with E-state index in [2.05, 4.69) is 18.7 Å². The summed E-state index contributed by atoms with van der Waals surface area (Å²) < 4.78 is 5.40. The van der Waals surface area contributed by atoms with Crippen molar-refractivity contribution in [3.63, 3.8) is 0 Å². The Morgan fingerprint density at radius 3 is 2.93 bits per heavy atom. The van der Waals surface area contributed by atoms with Crippen molar-refractivity contribution in [1.29, 1.82) is 0 Å². The number of unbranched alkanes of at least 4 members (excludes halogenated alkanes) is 1. The SMILES string of the molecule is CCCCOCC(O)CN1CCC[C@@H]1C.